The second-order valence-corrected chi connectivity index (χ2v) is 7.43. The Morgan fingerprint density at radius 2 is 1.60 bits per heavy atom. The lowest BCUT2D eigenvalue weighted by Crippen LogP contribution is -2.03. The summed E-state index contributed by atoms with van der Waals surface area (Å²) in [6.07, 6.45) is 1.38. The van der Waals surface area contributed by atoms with Crippen molar-refractivity contribution in [1.29, 1.82) is 0 Å². The lowest BCUT2D eigenvalue weighted by Gasteiger charge is -2.16. The summed E-state index contributed by atoms with van der Waals surface area (Å²) in [4.78, 5) is 12.8. The van der Waals surface area contributed by atoms with Crippen molar-refractivity contribution in [2.75, 3.05) is 0 Å². The number of Topliss-reactive ketones (excluding diaryl/α,β-unsaturated/α-hetero) is 1. The Morgan fingerprint density at radius 1 is 0.960 bits per heavy atom. The van der Waals surface area contributed by atoms with Crippen LogP contribution in [0.15, 0.2) is 42.5 Å². The van der Waals surface area contributed by atoms with Gasteiger partial charge in [0, 0.05) is 22.8 Å². The zero-order valence-electron chi connectivity index (χ0n) is 14.9. The van der Waals surface area contributed by atoms with E-state index in [-0.39, 0.29) is 11.5 Å². The first-order valence-electron chi connectivity index (χ1n) is 8.90. The number of ketones is 1. The average molecular weight is 330 g/mol. The molecular formula is C23H22O2. The first-order chi connectivity index (χ1) is 12.0. The highest BCUT2D eigenvalue weighted by atomic mass is 16.3. The maximum atomic E-state index is 12.8. The fraction of sp³-hybridized carbons (Fsp3) is 0.261. The highest BCUT2D eigenvalue weighted by Gasteiger charge is 2.19. The predicted molar refractivity (Wildman–Crippen MR) is 105 cm³/mol. The van der Waals surface area contributed by atoms with Crippen LogP contribution in [0.2, 0.25) is 0 Å². The number of phenols is 1. The number of benzene rings is 4. The largest absolute Gasteiger partial charge is 0.507 e. The van der Waals surface area contributed by atoms with Gasteiger partial charge in [-0.05, 0) is 52.4 Å². The molecule has 0 aliphatic carbocycles. The number of hydrogen-bond donors (Lipinski definition) is 1. The number of aromatic hydroxyl groups is 1. The molecule has 0 saturated heterocycles. The summed E-state index contributed by atoms with van der Waals surface area (Å²) in [6, 6.07) is 14.1. The summed E-state index contributed by atoms with van der Waals surface area (Å²) in [5.74, 6) is 0.798. The van der Waals surface area contributed by atoms with Crippen molar-refractivity contribution < 1.29 is 9.90 Å². The van der Waals surface area contributed by atoms with Crippen LogP contribution in [0.4, 0.5) is 0 Å². The molecule has 0 bridgehead atoms. The van der Waals surface area contributed by atoms with E-state index in [9.17, 15) is 9.90 Å². The molecule has 0 spiro atoms. The van der Waals surface area contributed by atoms with Crippen LogP contribution in [-0.4, -0.2) is 10.9 Å². The lowest BCUT2D eigenvalue weighted by molar-refractivity contribution is 0.0977. The number of carbonyl (C=O) groups excluding carboxylic acids is 1. The zero-order valence-corrected chi connectivity index (χ0v) is 14.9. The van der Waals surface area contributed by atoms with Crippen molar-refractivity contribution in [3.8, 4) is 5.75 Å². The minimum absolute atomic E-state index is 0.110. The zero-order chi connectivity index (χ0) is 17.7. The molecule has 0 aliphatic rings. The summed E-state index contributed by atoms with van der Waals surface area (Å²) in [5, 5.41) is 16.9. The highest BCUT2D eigenvalue weighted by molar-refractivity contribution is 6.28. The Kier molecular flexibility index (Phi) is 3.64. The topological polar surface area (TPSA) is 37.3 Å². The van der Waals surface area contributed by atoms with E-state index in [1.807, 2.05) is 18.2 Å². The minimum Gasteiger partial charge on any atom is -0.507 e. The van der Waals surface area contributed by atoms with Gasteiger partial charge in [-0.2, -0.15) is 0 Å². The summed E-state index contributed by atoms with van der Waals surface area (Å²) in [7, 11) is 0. The van der Waals surface area contributed by atoms with Gasteiger partial charge in [-0.25, -0.2) is 0 Å². The van der Waals surface area contributed by atoms with Crippen LogP contribution in [0, 0.1) is 12.8 Å². The minimum atomic E-state index is 0.110. The Hall–Kier alpha value is -2.61. The number of aryl methyl sites for hydroxylation is 1. The summed E-state index contributed by atoms with van der Waals surface area (Å²) in [6.45, 7) is 6.30. The third kappa shape index (κ3) is 2.44. The van der Waals surface area contributed by atoms with Gasteiger partial charge in [-0.1, -0.05) is 50.2 Å². The molecule has 0 fully saturated rings. The quantitative estimate of drug-likeness (QED) is 0.356. The molecule has 0 atom stereocenters. The van der Waals surface area contributed by atoms with E-state index in [4.69, 9.17) is 0 Å². The molecule has 4 aromatic rings. The Labute approximate surface area is 147 Å². The van der Waals surface area contributed by atoms with E-state index in [2.05, 4.69) is 45.0 Å². The molecule has 0 saturated carbocycles. The molecule has 25 heavy (non-hydrogen) atoms. The standard InChI is InChI=1S/C23H22O2/c1-13(2)4-11-19(24)17-10-9-16-8-7-15-6-5-14(3)18-12-20(25)23(17)22(16)21(15)18/h5-10,12-13,25H,4,11H2,1-3H3. The summed E-state index contributed by atoms with van der Waals surface area (Å²) in [5.41, 5.74) is 1.77. The Bertz CT molecular complexity index is 1110. The van der Waals surface area contributed by atoms with E-state index in [0.29, 0.717) is 23.3 Å². The van der Waals surface area contributed by atoms with Gasteiger partial charge >= 0.3 is 0 Å². The van der Waals surface area contributed by atoms with Crippen LogP contribution < -0.4 is 0 Å². The fourth-order valence-electron chi connectivity index (χ4n) is 3.81. The fourth-order valence-corrected chi connectivity index (χ4v) is 3.81. The first-order valence-corrected chi connectivity index (χ1v) is 8.90. The monoisotopic (exact) mass is 330 g/mol. The van der Waals surface area contributed by atoms with Crippen molar-refractivity contribution in [3.63, 3.8) is 0 Å². The number of phenolic OH excluding ortho intramolecular Hbond substituents is 1. The van der Waals surface area contributed by atoms with Crippen molar-refractivity contribution in [3.05, 3.63) is 53.6 Å². The van der Waals surface area contributed by atoms with Crippen molar-refractivity contribution in [2.45, 2.75) is 33.6 Å². The predicted octanol–water partition coefficient (Wildman–Crippen LogP) is 6.22. The van der Waals surface area contributed by atoms with Gasteiger partial charge < -0.3 is 5.11 Å². The average Bonchev–Trinajstić information content (AvgIpc) is 2.60. The molecule has 0 radical (unpaired) electrons. The lowest BCUT2D eigenvalue weighted by atomic mass is 9.88. The SMILES string of the molecule is Cc1ccc2ccc3ccc(C(=O)CCC(C)C)c4c(O)cc1c2c34. The van der Waals surface area contributed by atoms with Gasteiger partial charge in [0.05, 0.1) is 0 Å². The number of hydrogen-bond acceptors (Lipinski definition) is 2. The van der Waals surface area contributed by atoms with Gasteiger partial charge in [0.1, 0.15) is 5.75 Å². The van der Waals surface area contributed by atoms with Crippen LogP contribution in [-0.2, 0) is 0 Å². The molecule has 4 aromatic carbocycles. The molecule has 0 aliphatic heterocycles. The number of rotatable bonds is 4. The Balaban J connectivity index is 2.07. The molecule has 0 aromatic heterocycles. The second kappa shape index (κ2) is 5.73. The molecule has 0 unspecified atom stereocenters. The second-order valence-electron chi connectivity index (χ2n) is 7.43. The van der Waals surface area contributed by atoms with Gasteiger partial charge in [-0.15, -0.1) is 0 Å². The number of carbonyl (C=O) groups is 1. The van der Waals surface area contributed by atoms with Gasteiger partial charge in [0.15, 0.2) is 5.78 Å². The van der Waals surface area contributed by atoms with Crippen LogP contribution >= 0.6 is 0 Å². The third-order valence-corrected chi connectivity index (χ3v) is 5.21. The van der Waals surface area contributed by atoms with Gasteiger partial charge in [-0.3, -0.25) is 4.79 Å². The molecule has 1 N–H and O–H groups in total. The summed E-state index contributed by atoms with van der Waals surface area (Å²) < 4.78 is 0. The molecule has 2 heteroatoms. The van der Waals surface area contributed by atoms with Crippen molar-refractivity contribution in [2.24, 2.45) is 5.92 Å². The van der Waals surface area contributed by atoms with Crippen molar-refractivity contribution in [1.82, 2.24) is 0 Å². The molecule has 0 heterocycles. The third-order valence-electron chi connectivity index (χ3n) is 5.21. The first kappa shape index (κ1) is 15.9. The van der Waals surface area contributed by atoms with Crippen LogP contribution in [0.25, 0.3) is 32.3 Å². The van der Waals surface area contributed by atoms with Gasteiger partial charge in [0.2, 0.25) is 0 Å². The smallest absolute Gasteiger partial charge is 0.163 e. The molecule has 4 rings (SSSR count). The normalized spacial score (nSPS) is 12.0. The molecule has 2 nitrogen and oxygen atoms in total. The highest BCUT2D eigenvalue weighted by Crippen LogP contribution is 2.42. The maximum absolute atomic E-state index is 12.8. The van der Waals surface area contributed by atoms with E-state index in [0.717, 1.165) is 38.9 Å². The van der Waals surface area contributed by atoms with E-state index >= 15 is 0 Å². The van der Waals surface area contributed by atoms with E-state index < -0.39 is 0 Å². The van der Waals surface area contributed by atoms with Crippen molar-refractivity contribution >= 4 is 38.1 Å². The van der Waals surface area contributed by atoms with Gasteiger partial charge in [0.25, 0.3) is 0 Å². The summed E-state index contributed by atoms with van der Waals surface area (Å²) >= 11 is 0. The van der Waals surface area contributed by atoms with E-state index in [1.54, 1.807) is 0 Å². The molecule has 0 amide bonds. The molecule has 126 valence electrons. The van der Waals surface area contributed by atoms with Crippen LogP contribution in [0.3, 0.4) is 0 Å². The van der Waals surface area contributed by atoms with E-state index in [1.165, 1.54) is 0 Å². The Morgan fingerprint density at radius 3 is 2.32 bits per heavy atom. The van der Waals surface area contributed by atoms with Crippen LogP contribution in [0.1, 0.15) is 42.6 Å². The van der Waals surface area contributed by atoms with Crippen LogP contribution in [0.5, 0.6) is 5.75 Å². The molecular weight excluding hydrogens is 308 g/mol. The maximum Gasteiger partial charge on any atom is 0.163 e.